The zero-order valence-corrected chi connectivity index (χ0v) is 12.8. The fraction of sp³-hybridized carbons (Fsp3) is 0.200. The molecule has 0 spiro atoms. The lowest BCUT2D eigenvalue weighted by atomic mass is 10.1. The van der Waals surface area contributed by atoms with Gasteiger partial charge in [-0.15, -0.1) is 0 Å². The third-order valence-corrected chi connectivity index (χ3v) is 3.25. The van der Waals surface area contributed by atoms with Crippen molar-refractivity contribution in [2.45, 2.75) is 12.7 Å². The number of ether oxygens (including phenoxy) is 1. The van der Waals surface area contributed by atoms with Gasteiger partial charge in [0.2, 0.25) is 0 Å². The summed E-state index contributed by atoms with van der Waals surface area (Å²) in [6.07, 6.45) is -4.47. The second-order valence-corrected chi connectivity index (χ2v) is 5.33. The monoisotopic (exact) mass is 359 g/mol. The molecule has 6 heteroatoms. The van der Waals surface area contributed by atoms with Crippen LogP contribution in [0.1, 0.15) is 11.1 Å². The molecule has 0 fully saturated rings. The van der Waals surface area contributed by atoms with Gasteiger partial charge in [0.1, 0.15) is 11.5 Å². The van der Waals surface area contributed by atoms with Crippen molar-refractivity contribution in [1.29, 1.82) is 0 Å². The van der Waals surface area contributed by atoms with Gasteiger partial charge in [-0.1, -0.05) is 28.1 Å². The van der Waals surface area contributed by atoms with E-state index in [-0.39, 0.29) is 5.75 Å². The quantitative estimate of drug-likeness (QED) is 0.831. The highest BCUT2D eigenvalue weighted by atomic mass is 79.9. The molecule has 0 heterocycles. The van der Waals surface area contributed by atoms with E-state index >= 15 is 0 Å². The zero-order chi connectivity index (χ0) is 15.5. The summed E-state index contributed by atoms with van der Waals surface area (Å²) in [7, 11) is 1.68. The Morgan fingerprint density at radius 3 is 2.52 bits per heavy atom. The second-order valence-electron chi connectivity index (χ2n) is 4.42. The van der Waals surface area contributed by atoms with Crippen LogP contribution in [0.2, 0.25) is 0 Å². The van der Waals surface area contributed by atoms with Gasteiger partial charge in [0.25, 0.3) is 0 Å². The lowest BCUT2D eigenvalue weighted by Gasteiger charge is -2.15. The van der Waals surface area contributed by atoms with Crippen LogP contribution >= 0.6 is 15.9 Å². The third kappa shape index (κ3) is 4.22. The number of halogens is 4. The first-order chi connectivity index (χ1) is 9.90. The fourth-order valence-corrected chi connectivity index (χ4v) is 2.24. The van der Waals surface area contributed by atoms with E-state index < -0.39 is 11.7 Å². The second kappa shape index (κ2) is 6.49. The lowest BCUT2D eigenvalue weighted by molar-refractivity contribution is -0.138. The van der Waals surface area contributed by atoms with Gasteiger partial charge in [0.05, 0.1) is 5.56 Å². The van der Waals surface area contributed by atoms with Gasteiger partial charge < -0.3 is 10.1 Å². The predicted octanol–water partition coefficient (Wildman–Crippen LogP) is 4.98. The van der Waals surface area contributed by atoms with Crippen molar-refractivity contribution in [3.8, 4) is 11.5 Å². The van der Waals surface area contributed by atoms with Crippen molar-refractivity contribution >= 4 is 15.9 Å². The van der Waals surface area contributed by atoms with Gasteiger partial charge in [0, 0.05) is 11.0 Å². The molecule has 0 bridgehead atoms. The minimum atomic E-state index is -4.47. The summed E-state index contributed by atoms with van der Waals surface area (Å²) in [5.74, 6) is 0.136. The first kappa shape index (κ1) is 15.9. The Bertz CT molecular complexity index is 629. The van der Waals surface area contributed by atoms with E-state index in [0.717, 1.165) is 10.5 Å². The number of benzene rings is 2. The zero-order valence-electron chi connectivity index (χ0n) is 11.2. The molecule has 21 heavy (non-hydrogen) atoms. The summed E-state index contributed by atoms with van der Waals surface area (Å²) >= 11 is 3.26. The van der Waals surface area contributed by atoms with Crippen LogP contribution in [0, 0.1) is 0 Å². The number of rotatable bonds is 4. The number of hydrogen-bond donors (Lipinski definition) is 1. The van der Waals surface area contributed by atoms with E-state index in [9.17, 15) is 13.2 Å². The van der Waals surface area contributed by atoms with E-state index in [1.807, 2.05) is 0 Å². The highest BCUT2D eigenvalue weighted by Gasteiger charge is 2.34. The molecule has 112 valence electrons. The minimum absolute atomic E-state index is 0.208. The van der Waals surface area contributed by atoms with Crippen LogP contribution in [-0.2, 0) is 12.7 Å². The van der Waals surface area contributed by atoms with E-state index in [0.29, 0.717) is 17.9 Å². The van der Waals surface area contributed by atoms with Crippen LogP contribution in [0.15, 0.2) is 46.9 Å². The first-order valence-corrected chi connectivity index (χ1v) is 6.97. The largest absolute Gasteiger partial charge is 0.457 e. The highest BCUT2D eigenvalue weighted by Crippen LogP contribution is 2.39. The summed E-state index contributed by atoms with van der Waals surface area (Å²) < 4.78 is 45.5. The standard InChI is InChI=1S/C15H13BrF3NO/c1-20-9-10-5-6-14(13(7-10)15(17,18)19)21-12-4-2-3-11(16)8-12/h2-8,20H,9H2,1H3. The molecule has 0 unspecified atom stereocenters. The summed E-state index contributed by atoms with van der Waals surface area (Å²) in [4.78, 5) is 0. The molecule has 2 aromatic rings. The molecule has 2 nitrogen and oxygen atoms in total. The normalized spacial score (nSPS) is 11.5. The number of hydrogen-bond acceptors (Lipinski definition) is 2. The SMILES string of the molecule is CNCc1ccc(Oc2cccc(Br)c2)c(C(F)(F)F)c1. The van der Waals surface area contributed by atoms with Crippen LogP contribution in [0.3, 0.4) is 0 Å². The molecule has 2 aromatic carbocycles. The topological polar surface area (TPSA) is 21.3 Å². The fourth-order valence-electron chi connectivity index (χ4n) is 1.86. The molecule has 0 aliphatic rings. The van der Waals surface area contributed by atoms with Gasteiger partial charge in [-0.25, -0.2) is 0 Å². The molecular weight excluding hydrogens is 347 g/mol. The smallest absolute Gasteiger partial charge is 0.419 e. The van der Waals surface area contributed by atoms with Crippen LogP contribution in [-0.4, -0.2) is 7.05 Å². The Balaban J connectivity index is 2.38. The maximum absolute atomic E-state index is 13.1. The summed E-state index contributed by atoms with van der Waals surface area (Å²) in [6.45, 7) is 0.361. The molecule has 2 rings (SSSR count). The maximum atomic E-state index is 13.1. The van der Waals surface area contributed by atoms with Crippen LogP contribution in [0.4, 0.5) is 13.2 Å². The van der Waals surface area contributed by atoms with Crippen molar-refractivity contribution in [1.82, 2.24) is 5.32 Å². The molecule has 0 aliphatic heterocycles. The molecule has 0 atom stereocenters. The van der Waals surface area contributed by atoms with Gasteiger partial charge in [-0.3, -0.25) is 0 Å². The molecule has 0 radical (unpaired) electrons. The lowest BCUT2D eigenvalue weighted by Crippen LogP contribution is -2.10. The highest BCUT2D eigenvalue weighted by molar-refractivity contribution is 9.10. The van der Waals surface area contributed by atoms with E-state index in [4.69, 9.17) is 4.74 Å². The minimum Gasteiger partial charge on any atom is -0.457 e. The van der Waals surface area contributed by atoms with E-state index in [1.165, 1.54) is 6.07 Å². The summed E-state index contributed by atoms with van der Waals surface area (Å²) in [6, 6.07) is 10.7. The van der Waals surface area contributed by atoms with Crippen molar-refractivity contribution in [3.05, 3.63) is 58.1 Å². The van der Waals surface area contributed by atoms with Gasteiger partial charge in [-0.05, 0) is 42.9 Å². The maximum Gasteiger partial charge on any atom is 0.419 e. The van der Waals surface area contributed by atoms with Gasteiger partial charge in [-0.2, -0.15) is 13.2 Å². The molecule has 0 saturated carbocycles. The average Bonchev–Trinajstić information content (AvgIpc) is 2.39. The van der Waals surface area contributed by atoms with Crippen molar-refractivity contribution in [3.63, 3.8) is 0 Å². The first-order valence-electron chi connectivity index (χ1n) is 6.18. The molecular formula is C15H13BrF3NO. The van der Waals surface area contributed by atoms with Crippen LogP contribution < -0.4 is 10.1 Å². The number of nitrogens with one attached hydrogen (secondary N) is 1. The Kier molecular flexibility index (Phi) is 4.90. The van der Waals surface area contributed by atoms with Gasteiger partial charge >= 0.3 is 6.18 Å². The van der Waals surface area contributed by atoms with Crippen LogP contribution in [0.5, 0.6) is 11.5 Å². The van der Waals surface area contributed by atoms with Crippen LogP contribution in [0.25, 0.3) is 0 Å². The third-order valence-electron chi connectivity index (χ3n) is 2.75. The van der Waals surface area contributed by atoms with Gasteiger partial charge in [0.15, 0.2) is 0 Å². The van der Waals surface area contributed by atoms with Crippen molar-refractivity contribution in [2.75, 3.05) is 7.05 Å². The molecule has 0 saturated heterocycles. The Morgan fingerprint density at radius 1 is 1.14 bits per heavy atom. The van der Waals surface area contributed by atoms with Crippen molar-refractivity contribution < 1.29 is 17.9 Å². The summed E-state index contributed by atoms with van der Waals surface area (Å²) in [5, 5.41) is 2.82. The Hall–Kier alpha value is -1.53. The average molecular weight is 360 g/mol. The van der Waals surface area contributed by atoms with E-state index in [1.54, 1.807) is 37.4 Å². The molecule has 0 amide bonds. The van der Waals surface area contributed by atoms with E-state index in [2.05, 4.69) is 21.2 Å². The molecule has 1 N–H and O–H groups in total. The molecule has 0 aliphatic carbocycles. The molecule has 0 aromatic heterocycles. The summed E-state index contributed by atoms with van der Waals surface area (Å²) in [5.41, 5.74) is -0.235. The Labute approximate surface area is 129 Å². The number of alkyl halides is 3. The Morgan fingerprint density at radius 2 is 1.90 bits per heavy atom. The van der Waals surface area contributed by atoms with Crippen molar-refractivity contribution in [2.24, 2.45) is 0 Å². The predicted molar refractivity (Wildman–Crippen MR) is 78.4 cm³/mol.